The Bertz CT molecular complexity index is 508. The highest BCUT2D eigenvalue weighted by atomic mass is 127. The number of halogens is 1. The van der Waals surface area contributed by atoms with E-state index < -0.39 is 0 Å². The normalized spacial score (nSPS) is 18.0. The summed E-state index contributed by atoms with van der Waals surface area (Å²) in [6.45, 7) is 11.3. The highest BCUT2D eigenvalue weighted by Gasteiger charge is 2.24. The molecule has 6 heteroatoms. The highest BCUT2D eigenvalue weighted by Crippen LogP contribution is 2.20. The molecular formula is C20H36IN5. The van der Waals surface area contributed by atoms with E-state index in [0.717, 1.165) is 45.2 Å². The van der Waals surface area contributed by atoms with Crippen molar-refractivity contribution in [3.63, 3.8) is 0 Å². The van der Waals surface area contributed by atoms with Crippen LogP contribution in [-0.2, 0) is 6.54 Å². The molecule has 26 heavy (non-hydrogen) atoms. The standard InChI is InChI=1S/C20H35N5.HI/c1-4-21-20(22-13-15-24(3)5-2)23-16-19-12-9-14-25(19)17-18-10-7-6-8-11-18;/h6-8,10-11,19H,4-5,9,12-17H2,1-3H3,(H2,21,22,23);1H. The predicted molar refractivity (Wildman–Crippen MR) is 122 cm³/mol. The number of guanidine groups is 1. The van der Waals surface area contributed by atoms with Crippen molar-refractivity contribution < 1.29 is 0 Å². The Kier molecular flexibility index (Phi) is 11.9. The Morgan fingerprint density at radius 1 is 1.23 bits per heavy atom. The van der Waals surface area contributed by atoms with Gasteiger partial charge in [-0.25, -0.2) is 0 Å². The van der Waals surface area contributed by atoms with E-state index in [1.54, 1.807) is 0 Å². The van der Waals surface area contributed by atoms with Crippen molar-refractivity contribution in [2.24, 2.45) is 4.99 Å². The first-order chi connectivity index (χ1) is 12.2. The molecular weight excluding hydrogens is 437 g/mol. The number of likely N-dealkylation sites (N-methyl/N-ethyl adjacent to an activating group) is 1. The average molecular weight is 473 g/mol. The van der Waals surface area contributed by atoms with E-state index in [4.69, 9.17) is 4.99 Å². The Morgan fingerprint density at radius 3 is 2.69 bits per heavy atom. The van der Waals surface area contributed by atoms with E-state index in [9.17, 15) is 0 Å². The topological polar surface area (TPSA) is 42.9 Å². The summed E-state index contributed by atoms with van der Waals surface area (Å²) < 4.78 is 0. The maximum absolute atomic E-state index is 4.84. The molecule has 0 radical (unpaired) electrons. The van der Waals surface area contributed by atoms with Gasteiger partial charge < -0.3 is 15.5 Å². The van der Waals surface area contributed by atoms with Crippen molar-refractivity contribution in [2.75, 3.05) is 46.3 Å². The third-order valence-corrected chi connectivity index (χ3v) is 4.86. The molecule has 1 unspecified atom stereocenters. The first kappa shape index (κ1) is 23.2. The van der Waals surface area contributed by atoms with Gasteiger partial charge in [0.05, 0.1) is 6.54 Å². The van der Waals surface area contributed by atoms with E-state index in [1.165, 1.54) is 24.9 Å². The lowest BCUT2D eigenvalue weighted by molar-refractivity contribution is 0.250. The van der Waals surface area contributed by atoms with Gasteiger partial charge in [-0.2, -0.15) is 0 Å². The number of hydrogen-bond acceptors (Lipinski definition) is 3. The van der Waals surface area contributed by atoms with E-state index in [0.29, 0.717) is 6.04 Å². The number of nitrogens with one attached hydrogen (secondary N) is 2. The van der Waals surface area contributed by atoms with Gasteiger partial charge in [-0.3, -0.25) is 9.89 Å². The van der Waals surface area contributed by atoms with Crippen LogP contribution in [0.4, 0.5) is 0 Å². The number of rotatable bonds is 9. The number of hydrogen-bond donors (Lipinski definition) is 2. The van der Waals surface area contributed by atoms with E-state index in [2.05, 4.69) is 71.7 Å². The monoisotopic (exact) mass is 473 g/mol. The zero-order valence-corrected chi connectivity index (χ0v) is 18.9. The van der Waals surface area contributed by atoms with Crippen molar-refractivity contribution in [1.29, 1.82) is 0 Å². The van der Waals surface area contributed by atoms with Gasteiger partial charge in [0.15, 0.2) is 5.96 Å². The summed E-state index contributed by atoms with van der Waals surface area (Å²) in [7, 11) is 2.14. The summed E-state index contributed by atoms with van der Waals surface area (Å²) in [6, 6.07) is 11.3. The number of aliphatic imine (C=N–C) groups is 1. The highest BCUT2D eigenvalue weighted by molar-refractivity contribution is 14.0. The van der Waals surface area contributed by atoms with Crippen molar-refractivity contribution in [2.45, 2.75) is 39.3 Å². The fourth-order valence-corrected chi connectivity index (χ4v) is 3.19. The second-order valence-corrected chi connectivity index (χ2v) is 6.79. The van der Waals surface area contributed by atoms with Crippen LogP contribution in [0.5, 0.6) is 0 Å². The summed E-state index contributed by atoms with van der Waals surface area (Å²) in [6.07, 6.45) is 2.52. The van der Waals surface area contributed by atoms with Crippen LogP contribution in [0.15, 0.2) is 35.3 Å². The smallest absolute Gasteiger partial charge is 0.191 e. The molecule has 5 nitrogen and oxygen atoms in total. The molecule has 1 aromatic rings. The van der Waals surface area contributed by atoms with E-state index >= 15 is 0 Å². The molecule has 0 amide bonds. The zero-order chi connectivity index (χ0) is 17.9. The summed E-state index contributed by atoms with van der Waals surface area (Å²) in [5, 5.41) is 6.82. The van der Waals surface area contributed by atoms with Gasteiger partial charge in [0.25, 0.3) is 0 Å². The van der Waals surface area contributed by atoms with Gasteiger partial charge >= 0.3 is 0 Å². The largest absolute Gasteiger partial charge is 0.357 e. The van der Waals surface area contributed by atoms with Crippen LogP contribution in [0.3, 0.4) is 0 Å². The van der Waals surface area contributed by atoms with Crippen LogP contribution in [0, 0.1) is 0 Å². The van der Waals surface area contributed by atoms with Gasteiger partial charge in [0.1, 0.15) is 0 Å². The SMILES string of the molecule is CCNC(=NCC1CCCN1Cc1ccccc1)NCCN(C)CC.I. The molecule has 1 atom stereocenters. The molecule has 1 aromatic carbocycles. The van der Waals surface area contributed by atoms with Crippen molar-refractivity contribution >= 4 is 29.9 Å². The molecule has 0 saturated carbocycles. The molecule has 0 aliphatic carbocycles. The minimum Gasteiger partial charge on any atom is -0.357 e. The molecule has 0 spiro atoms. The minimum absolute atomic E-state index is 0. The fourth-order valence-electron chi connectivity index (χ4n) is 3.19. The second kappa shape index (κ2) is 13.3. The molecule has 1 saturated heterocycles. The Hall–Kier alpha value is -0.860. The fraction of sp³-hybridized carbons (Fsp3) is 0.650. The van der Waals surface area contributed by atoms with Crippen LogP contribution >= 0.6 is 24.0 Å². The lowest BCUT2D eigenvalue weighted by Crippen LogP contribution is -2.42. The van der Waals surface area contributed by atoms with Gasteiger partial charge in [-0.1, -0.05) is 37.3 Å². The molecule has 1 aliphatic heterocycles. The quantitative estimate of drug-likeness (QED) is 0.329. The second-order valence-electron chi connectivity index (χ2n) is 6.79. The molecule has 1 heterocycles. The molecule has 2 N–H and O–H groups in total. The van der Waals surface area contributed by atoms with Crippen molar-refractivity contribution in [3.05, 3.63) is 35.9 Å². The minimum atomic E-state index is 0. The van der Waals surface area contributed by atoms with Crippen molar-refractivity contribution in [3.8, 4) is 0 Å². The third kappa shape index (κ3) is 8.22. The van der Waals surface area contributed by atoms with Gasteiger partial charge in [0, 0.05) is 32.2 Å². The Labute approximate surface area is 176 Å². The van der Waals surface area contributed by atoms with Crippen molar-refractivity contribution in [1.82, 2.24) is 20.4 Å². The van der Waals surface area contributed by atoms with E-state index in [1.807, 2.05) is 0 Å². The maximum Gasteiger partial charge on any atom is 0.191 e. The van der Waals surface area contributed by atoms with Gasteiger partial charge in [0.2, 0.25) is 0 Å². The van der Waals surface area contributed by atoms with Gasteiger partial charge in [-0.15, -0.1) is 24.0 Å². The number of benzene rings is 1. The molecule has 0 aromatic heterocycles. The molecule has 0 bridgehead atoms. The van der Waals surface area contributed by atoms with Crippen LogP contribution in [0.2, 0.25) is 0 Å². The summed E-state index contributed by atoms with van der Waals surface area (Å²) in [5.74, 6) is 0.943. The van der Waals surface area contributed by atoms with Crippen LogP contribution in [0.25, 0.3) is 0 Å². The van der Waals surface area contributed by atoms with Crippen LogP contribution in [0.1, 0.15) is 32.3 Å². The molecule has 1 fully saturated rings. The number of nitrogens with zero attached hydrogens (tertiary/aromatic N) is 3. The lowest BCUT2D eigenvalue weighted by Gasteiger charge is -2.23. The average Bonchev–Trinajstić information content (AvgIpc) is 3.07. The molecule has 1 aliphatic rings. The summed E-state index contributed by atoms with van der Waals surface area (Å²) in [4.78, 5) is 9.72. The number of likely N-dealkylation sites (tertiary alicyclic amines) is 1. The first-order valence-electron chi connectivity index (χ1n) is 9.71. The van der Waals surface area contributed by atoms with Crippen LogP contribution < -0.4 is 10.6 Å². The summed E-state index contributed by atoms with van der Waals surface area (Å²) >= 11 is 0. The van der Waals surface area contributed by atoms with E-state index in [-0.39, 0.29) is 24.0 Å². The zero-order valence-electron chi connectivity index (χ0n) is 16.6. The van der Waals surface area contributed by atoms with Crippen LogP contribution in [-0.4, -0.2) is 68.1 Å². The molecule has 2 rings (SSSR count). The Balaban J connectivity index is 0.00000338. The third-order valence-electron chi connectivity index (χ3n) is 4.86. The predicted octanol–water partition coefficient (Wildman–Crippen LogP) is 2.78. The maximum atomic E-state index is 4.84. The molecule has 148 valence electrons. The first-order valence-corrected chi connectivity index (χ1v) is 9.71. The Morgan fingerprint density at radius 2 is 2.00 bits per heavy atom. The van der Waals surface area contributed by atoms with Gasteiger partial charge in [-0.05, 0) is 45.5 Å². The lowest BCUT2D eigenvalue weighted by atomic mass is 10.2. The summed E-state index contributed by atoms with van der Waals surface area (Å²) in [5.41, 5.74) is 1.39.